The molecule has 0 radical (unpaired) electrons. The molecule has 12 heteroatoms. The van der Waals surface area contributed by atoms with Crippen molar-refractivity contribution in [3.05, 3.63) is 61.3 Å². The number of hydrogen-bond acceptors (Lipinski definition) is 6. The normalized spacial score (nSPS) is 17.9. The predicted molar refractivity (Wildman–Crippen MR) is 146 cm³/mol. The average molecular weight is 634 g/mol. The number of rotatable bonds is 7. The smallest absolute Gasteiger partial charge is 0.291 e. The van der Waals surface area contributed by atoms with Crippen molar-refractivity contribution < 1.29 is 4.74 Å². The zero-order valence-corrected chi connectivity index (χ0v) is 23.0. The van der Waals surface area contributed by atoms with Crippen LogP contribution in [-0.4, -0.2) is 51.3 Å². The first-order valence-electron chi connectivity index (χ1n) is 10.9. The van der Waals surface area contributed by atoms with Gasteiger partial charge in [0.2, 0.25) is 0 Å². The van der Waals surface area contributed by atoms with Gasteiger partial charge in [-0.05, 0) is 53.1 Å². The minimum Gasteiger partial charge on any atom is -0.490 e. The summed E-state index contributed by atoms with van der Waals surface area (Å²) in [7, 11) is 1.72. The Morgan fingerprint density at radius 2 is 2.00 bits per heavy atom. The number of aryl methyl sites for hydroxylation is 1. The number of nitrogens with zero attached hydrogens (tertiary/aromatic N) is 4. The first kappa shape index (κ1) is 24.3. The Bertz CT molecular complexity index is 1370. The van der Waals surface area contributed by atoms with Gasteiger partial charge in [-0.1, -0.05) is 23.2 Å². The fourth-order valence-corrected chi connectivity index (χ4v) is 6.78. The molecular weight excluding hydrogens is 611 g/mol. The third-order valence-electron chi connectivity index (χ3n) is 6.63. The summed E-state index contributed by atoms with van der Waals surface area (Å²) in [5.41, 5.74) is 0.501. The van der Waals surface area contributed by atoms with Crippen LogP contribution in [0.2, 0.25) is 10.0 Å². The van der Waals surface area contributed by atoms with Gasteiger partial charge in [-0.3, -0.25) is 9.59 Å². The van der Waals surface area contributed by atoms with Crippen molar-refractivity contribution in [2.24, 2.45) is 12.5 Å². The summed E-state index contributed by atoms with van der Waals surface area (Å²) < 4.78 is 9.15. The molecule has 34 heavy (non-hydrogen) atoms. The van der Waals surface area contributed by atoms with Gasteiger partial charge in [-0.15, -0.1) is 0 Å². The fraction of sp³-hybridized carbons (Fsp3) is 0.409. The van der Waals surface area contributed by atoms with Crippen molar-refractivity contribution in [1.29, 1.82) is 0 Å². The predicted octanol–water partition coefficient (Wildman–Crippen LogP) is 4.15. The Labute approximate surface area is 220 Å². The van der Waals surface area contributed by atoms with E-state index >= 15 is 0 Å². The molecule has 0 amide bonds. The average Bonchev–Trinajstić information content (AvgIpc) is 2.77. The minimum atomic E-state index is -0.267. The highest BCUT2D eigenvalue weighted by Gasteiger charge is 2.53. The summed E-state index contributed by atoms with van der Waals surface area (Å²) in [6.07, 6.45) is 5.71. The Morgan fingerprint density at radius 3 is 2.74 bits per heavy atom. The zero-order chi connectivity index (χ0) is 24.0. The molecule has 8 nitrogen and oxygen atoms in total. The van der Waals surface area contributed by atoms with Crippen molar-refractivity contribution >= 4 is 68.1 Å². The van der Waals surface area contributed by atoms with E-state index in [0.717, 1.165) is 37.9 Å². The molecule has 2 fully saturated rings. The van der Waals surface area contributed by atoms with Crippen LogP contribution in [0.3, 0.4) is 0 Å². The summed E-state index contributed by atoms with van der Waals surface area (Å²) >= 11 is 14.6. The molecule has 0 bridgehead atoms. The van der Waals surface area contributed by atoms with Gasteiger partial charge in [-0.25, -0.2) is 4.45 Å². The number of pyridine rings is 1. The van der Waals surface area contributed by atoms with Crippen molar-refractivity contribution in [1.82, 2.24) is 19.0 Å². The van der Waals surface area contributed by atoms with Gasteiger partial charge in [0.15, 0.2) is 0 Å². The molecule has 1 N–H and O–H groups in total. The van der Waals surface area contributed by atoms with Crippen LogP contribution in [0.15, 0.2) is 40.2 Å². The second kappa shape index (κ2) is 9.58. The molecule has 1 unspecified atom stereocenters. The minimum absolute atomic E-state index is 0.120. The number of likely N-dealkylation sites (tertiary alicyclic amines) is 1. The number of fused-ring (bicyclic) bond motifs is 1. The van der Waals surface area contributed by atoms with Crippen LogP contribution in [-0.2, 0) is 7.05 Å². The number of nitrogens with one attached hydrogen (secondary N) is 1. The van der Waals surface area contributed by atoms with Crippen LogP contribution in [0.1, 0.15) is 12.8 Å². The lowest BCUT2D eigenvalue weighted by Crippen LogP contribution is -2.65. The van der Waals surface area contributed by atoms with E-state index in [1.807, 2.05) is 12.1 Å². The van der Waals surface area contributed by atoms with Crippen LogP contribution in [0.5, 0.6) is 5.75 Å². The van der Waals surface area contributed by atoms with E-state index in [4.69, 9.17) is 27.9 Å². The van der Waals surface area contributed by atoms with Gasteiger partial charge in [0.05, 0.1) is 34.8 Å². The molecule has 3 heterocycles. The zero-order valence-electron chi connectivity index (χ0n) is 18.4. The number of ether oxygens (including phenoxy) is 1. The summed E-state index contributed by atoms with van der Waals surface area (Å²) in [6.45, 7) is 3.62. The Kier molecular flexibility index (Phi) is 6.85. The molecule has 1 atom stereocenters. The van der Waals surface area contributed by atoms with Gasteiger partial charge in [0.1, 0.15) is 10.8 Å². The number of hydrogen-bond donors (Lipinski definition) is 1. The van der Waals surface area contributed by atoms with E-state index in [0.29, 0.717) is 33.8 Å². The van der Waals surface area contributed by atoms with E-state index in [9.17, 15) is 9.59 Å². The standard InChI is InChI=1S/C22H23Cl2IN5O3P/c1-28-6-4-14-17(3-2-15(23)18(14)20(28)31)33-13-8-22(9-13)11-29(12-22)7-5-26-16-10-27-30(34-25)21(32)19(16)24/h2-4,6,10,13,26,34H,5,7-9,11-12H2,1H3. The molecule has 1 aliphatic carbocycles. The molecule has 2 aromatic heterocycles. The lowest BCUT2D eigenvalue weighted by Gasteiger charge is -2.58. The lowest BCUT2D eigenvalue weighted by atomic mass is 9.62. The maximum Gasteiger partial charge on any atom is 0.291 e. The molecule has 180 valence electrons. The van der Waals surface area contributed by atoms with Crippen LogP contribution >= 0.6 is 51.6 Å². The summed E-state index contributed by atoms with van der Waals surface area (Å²) in [5.74, 6) is 0.716. The molecular formula is C22H23Cl2IN5O3P. The van der Waals surface area contributed by atoms with Crippen LogP contribution < -0.4 is 21.2 Å². The van der Waals surface area contributed by atoms with Crippen LogP contribution in [0, 0.1) is 5.41 Å². The summed E-state index contributed by atoms with van der Waals surface area (Å²) in [5, 5.41) is 9.24. The maximum atomic E-state index is 12.5. The third-order valence-corrected chi connectivity index (χ3v) is 9.16. The molecule has 1 aromatic carbocycles. The van der Waals surface area contributed by atoms with E-state index < -0.39 is 0 Å². The quantitative estimate of drug-likeness (QED) is 0.311. The first-order valence-corrected chi connectivity index (χ1v) is 15.7. The molecule has 1 saturated carbocycles. The largest absolute Gasteiger partial charge is 0.490 e. The number of benzene rings is 1. The second-order valence-electron chi connectivity index (χ2n) is 9.03. The number of anilines is 1. The van der Waals surface area contributed by atoms with Crippen molar-refractivity contribution in [3.63, 3.8) is 0 Å². The number of aromatic nitrogens is 3. The molecule has 5 rings (SSSR count). The lowest BCUT2D eigenvalue weighted by molar-refractivity contribution is -0.117. The van der Waals surface area contributed by atoms with Gasteiger partial charge in [0, 0.05) is 50.2 Å². The van der Waals surface area contributed by atoms with Crippen LogP contribution in [0.25, 0.3) is 10.8 Å². The van der Waals surface area contributed by atoms with Crippen molar-refractivity contribution in [2.45, 2.75) is 18.9 Å². The second-order valence-corrected chi connectivity index (χ2v) is 11.9. The monoisotopic (exact) mass is 633 g/mol. The summed E-state index contributed by atoms with van der Waals surface area (Å²) in [6, 6.07) is 5.47. The van der Waals surface area contributed by atoms with Crippen molar-refractivity contribution in [2.75, 3.05) is 31.5 Å². The van der Waals surface area contributed by atoms with E-state index in [2.05, 4.69) is 37.4 Å². The molecule has 2 aliphatic rings. The first-order chi connectivity index (χ1) is 16.3. The highest BCUT2D eigenvalue weighted by Crippen LogP contribution is 2.50. The van der Waals surface area contributed by atoms with Crippen molar-refractivity contribution in [3.8, 4) is 5.75 Å². The topological polar surface area (TPSA) is 81.4 Å². The highest BCUT2D eigenvalue weighted by atomic mass is 127. The van der Waals surface area contributed by atoms with E-state index in [1.54, 1.807) is 25.5 Å². The van der Waals surface area contributed by atoms with E-state index in [-0.39, 0.29) is 28.6 Å². The number of halogens is 3. The van der Waals surface area contributed by atoms with E-state index in [1.165, 1.54) is 9.02 Å². The van der Waals surface area contributed by atoms with Gasteiger partial charge in [0.25, 0.3) is 11.1 Å². The Morgan fingerprint density at radius 1 is 1.24 bits per heavy atom. The van der Waals surface area contributed by atoms with Gasteiger partial charge < -0.3 is 19.5 Å². The SMILES string of the molecule is Cn1ccc2c(OC3CC4(C3)CN(CCNc3cnn(PI)c(=O)c3Cl)C4)ccc(Cl)c2c1=O. The third kappa shape index (κ3) is 4.46. The van der Waals surface area contributed by atoms with Gasteiger partial charge in [-0.2, -0.15) is 5.10 Å². The molecule has 1 aliphatic heterocycles. The maximum absolute atomic E-state index is 12.5. The highest BCUT2D eigenvalue weighted by molar-refractivity contribution is 14.2. The summed E-state index contributed by atoms with van der Waals surface area (Å²) in [4.78, 5) is 27.0. The molecule has 3 aromatic rings. The van der Waals surface area contributed by atoms with Gasteiger partial charge >= 0.3 is 0 Å². The Balaban J connectivity index is 1.12. The van der Waals surface area contributed by atoms with Crippen LogP contribution in [0.4, 0.5) is 5.69 Å². The Hall–Kier alpha value is -1.39. The molecule has 1 spiro atoms. The fourth-order valence-electron chi connectivity index (χ4n) is 4.94. The molecule has 1 saturated heterocycles.